The van der Waals surface area contributed by atoms with E-state index in [-0.39, 0.29) is 23.5 Å². The lowest BCUT2D eigenvalue weighted by atomic mass is 10.1. The zero-order valence-electron chi connectivity index (χ0n) is 8.48. The third kappa shape index (κ3) is 1.50. The number of tetrazole rings is 1. The molecule has 17 heavy (non-hydrogen) atoms. The summed E-state index contributed by atoms with van der Waals surface area (Å²) >= 11 is 1.39. The monoisotopic (exact) mass is 253 g/mol. The average Bonchev–Trinajstić information content (AvgIpc) is 2.84. The molecule has 2 aliphatic rings. The highest BCUT2D eigenvalue weighted by Crippen LogP contribution is 2.46. The third-order valence-corrected chi connectivity index (χ3v) is 3.85. The fourth-order valence-corrected chi connectivity index (χ4v) is 3.23. The highest BCUT2D eigenvalue weighted by molar-refractivity contribution is 8.04. The molecule has 0 bridgehead atoms. The normalized spacial score (nSPS) is 22.7. The number of carboxylic acids is 1. The van der Waals surface area contributed by atoms with Gasteiger partial charge in [0.25, 0.3) is 0 Å². The molecule has 8 nitrogen and oxygen atoms in total. The second-order valence-electron chi connectivity index (χ2n) is 3.62. The molecule has 3 heterocycles. The average molecular weight is 253 g/mol. The largest absolute Gasteiger partial charge is 0.477 e. The van der Waals surface area contributed by atoms with Crippen molar-refractivity contribution in [2.75, 3.05) is 0 Å². The maximum absolute atomic E-state index is 11.3. The molecule has 1 amide bonds. The van der Waals surface area contributed by atoms with Crippen LogP contribution in [-0.4, -0.2) is 47.5 Å². The van der Waals surface area contributed by atoms with E-state index in [0.29, 0.717) is 11.3 Å². The number of β-lactam (4-membered cyclic amide) rings is 1. The Bertz CT molecular complexity index is 525. The second kappa shape index (κ2) is 3.55. The summed E-state index contributed by atoms with van der Waals surface area (Å²) in [5, 5.41) is 19.7. The molecular formula is C8H7N5O3S. The lowest BCUT2D eigenvalue weighted by Crippen LogP contribution is -2.48. The second-order valence-corrected chi connectivity index (χ2v) is 4.90. The van der Waals surface area contributed by atoms with E-state index in [0.717, 1.165) is 0 Å². The number of hydrogen-bond acceptors (Lipinski definition) is 6. The summed E-state index contributed by atoms with van der Waals surface area (Å²) in [6, 6.07) is 0. The number of aromatic nitrogens is 4. The number of amides is 1. The van der Waals surface area contributed by atoms with Crippen LogP contribution in [0.15, 0.2) is 16.9 Å². The summed E-state index contributed by atoms with van der Waals surface area (Å²) in [5.74, 6) is -1.23. The van der Waals surface area contributed by atoms with Crippen LogP contribution in [0, 0.1) is 0 Å². The van der Waals surface area contributed by atoms with Crippen LogP contribution in [0.25, 0.3) is 0 Å². The first-order valence-electron chi connectivity index (χ1n) is 4.83. The van der Waals surface area contributed by atoms with Crippen molar-refractivity contribution in [2.45, 2.75) is 18.3 Å². The van der Waals surface area contributed by atoms with Gasteiger partial charge in [0.1, 0.15) is 12.0 Å². The van der Waals surface area contributed by atoms with Crippen molar-refractivity contribution in [3.05, 3.63) is 16.9 Å². The summed E-state index contributed by atoms with van der Waals surface area (Å²) in [4.78, 5) is 24.4. The first-order chi connectivity index (χ1) is 8.16. The topological polar surface area (TPSA) is 101 Å². The molecule has 88 valence electrons. The van der Waals surface area contributed by atoms with Crippen molar-refractivity contribution in [3.63, 3.8) is 0 Å². The van der Waals surface area contributed by atoms with E-state index in [1.165, 1.54) is 27.7 Å². The quantitative estimate of drug-likeness (QED) is 0.709. The van der Waals surface area contributed by atoms with Gasteiger partial charge in [-0.1, -0.05) is 0 Å². The third-order valence-electron chi connectivity index (χ3n) is 2.59. The number of nitrogens with zero attached hydrogens (tertiary/aromatic N) is 5. The number of hydrogen-bond donors (Lipinski definition) is 1. The van der Waals surface area contributed by atoms with Crippen LogP contribution < -0.4 is 0 Å². The Kier molecular flexibility index (Phi) is 2.15. The molecule has 0 spiro atoms. The number of carboxylic acid groups (broad SMARTS) is 1. The number of fused-ring (bicyclic) bond motifs is 1. The maximum Gasteiger partial charge on any atom is 0.353 e. The molecule has 1 aromatic rings. The number of rotatable bonds is 3. The molecule has 0 aromatic carbocycles. The van der Waals surface area contributed by atoms with Crippen LogP contribution in [0.3, 0.4) is 0 Å². The van der Waals surface area contributed by atoms with Gasteiger partial charge in [-0.3, -0.25) is 9.69 Å². The van der Waals surface area contributed by atoms with E-state index in [1.807, 2.05) is 0 Å². The molecule has 0 saturated carbocycles. The van der Waals surface area contributed by atoms with Crippen molar-refractivity contribution in [1.29, 1.82) is 0 Å². The van der Waals surface area contributed by atoms with Gasteiger partial charge in [0.15, 0.2) is 0 Å². The Balaban J connectivity index is 1.92. The molecule has 0 unspecified atom stereocenters. The van der Waals surface area contributed by atoms with Crippen molar-refractivity contribution in [1.82, 2.24) is 25.1 Å². The van der Waals surface area contributed by atoms with Gasteiger partial charge >= 0.3 is 5.97 Å². The lowest BCUT2D eigenvalue weighted by Gasteiger charge is -2.33. The van der Waals surface area contributed by atoms with Crippen LogP contribution in [0.1, 0.15) is 6.42 Å². The Morgan fingerprint density at radius 2 is 2.47 bits per heavy atom. The van der Waals surface area contributed by atoms with Gasteiger partial charge in [-0.05, 0) is 10.4 Å². The molecule has 1 N–H and O–H groups in total. The zero-order valence-corrected chi connectivity index (χ0v) is 9.29. The summed E-state index contributed by atoms with van der Waals surface area (Å²) in [6.07, 6.45) is 1.80. The summed E-state index contributed by atoms with van der Waals surface area (Å²) in [6.45, 7) is 0.277. The van der Waals surface area contributed by atoms with Crippen LogP contribution in [0.5, 0.6) is 0 Å². The van der Waals surface area contributed by atoms with Gasteiger partial charge < -0.3 is 5.11 Å². The van der Waals surface area contributed by atoms with Crippen molar-refractivity contribution >= 4 is 23.6 Å². The van der Waals surface area contributed by atoms with Crippen molar-refractivity contribution in [2.24, 2.45) is 0 Å². The summed E-state index contributed by atoms with van der Waals surface area (Å²) < 4.78 is 1.43. The van der Waals surface area contributed by atoms with Crippen LogP contribution in [0.4, 0.5) is 0 Å². The smallest absolute Gasteiger partial charge is 0.353 e. The van der Waals surface area contributed by atoms with Gasteiger partial charge in [0.05, 0.1) is 18.3 Å². The predicted molar refractivity (Wildman–Crippen MR) is 55.3 cm³/mol. The lowest BCUT2D eigenvalue weighted by molar-refractivity contribution is -0.145. The Morgan fingerprint density at radius 1 is 1.65 bits per heavy atom. The Labute approximate surface area is 99.3 Å². The number of thioether (sulfide) groups is 1. The van der Waals surface area contributed by atoms with Crippen LogP contribution in [0.2, 0.25) is 0 Å². The molecule has 2 aliphatic heterocycles. The summed E-state index contributed by atoms with van der Waals surface area (Å²) in [5.41, 5.74) is 0.0618. The fraction of sp³-hybridized carbons (Fsp3) is 0.375. The van der Waals surface area contributed by atoms with E-state index in [2.05, 4.69) is 15.5 Å². The van der Waals surface area contributed by atoms with E-state index in [1.54, 1.807) is 0 Å². The van der Waals surface area contributed by atoms with E-state index in [4.69, 9.17) is 5.11 Å². The molecule has 1 fully saturated rings. The standard InChI is InChI=1S/C8H7N5O3S/c14-5-1-6-13(5)7(8(15)16)4(17-6)2-12-3-9-10-11-12/h3,6H,1-2H2,(H,15,16)/t6-/m1/s1. The maximum atomic E-state index is 11.3. The van der Waals surface area contributed by atoms with E-state index < -0.39 is 5.97 Å². The van der Waals surface area contributed by atoms with E-state index in [9.17, 15) is 9.59 Å². The number of carbonyl (C=O) groups excluding carboxylic acids is 1. The summed E-state index contributed by atoms with van der Waals surface area (Å²) in [7, 11) is 0. The van der Waals surface area contributed by atoms with Crippen molar-refractivity contribution in [3.8, 4) is 0 Å². The molecule has 3 rings (SSSR count). The number of allylic oxidation sites excluding steroid dienone is 1. The molecular weight excluding hydrogens is 246 g/mol. The first-order valence-corrected chi connectivity index (χ1v) is 5.70. The number of aliphatic carboxylic acids is 1. The highest BCUT2D eigenvalue weighted by Gasteiger charge is 2.48. The molecule has 1 aromatic heterocycles. The van der Waals surface area contributed by atoms with Crippen molar-refractivity contribution < 1.29 is 14.7 Å². The molecule has 1 saturated heterocycles. The van der Waals surface area contributed by atoms with Gasteiger partial charge in [-0.15, -0.1) is 16.9 Å². The first kappa shape index (κ1) is 10.3. The minimum Gasteiger partial charge on any atom is -0.477 e. The molecule has 9 heteroatoms. The minimum absolute atomic E-state index is 0.0618. The van der Waals surface area contributed by atoms with Gasteiger partial charge in [0.2, 0.25) is 5.91 Å². The minimum atomic E-state index is -1.09. The fourth-order valence-electron chi connectivity index (χ4n) is 1.84. The van der Waals surface area contributed by atoms with Crippen LogP contribution >= 0.6 is 11.8 Å². The van der Waals surface area contributed by atoms with Gasteiger partial charge in [-0.2, -0.15) is 0 Å². The molecule has 0 radical (unpaired) electrons. The molecule has 0 aliphatic carbocycles. The van der Waals surface area contributed by atoms with E-state index >= 15 is 0 Å². The SMILES string of the molecule is O=C(O)C1=C(Cn2cnnn2)S[C@@H]2CC(=O)N12. The van der Waals surface area contributed by atoms with Crippen LogP contribution in [-0.2, 0) is 16.1 Å². The predicted octanol–water partition coefficient (Wildman–Crippen LogP) is -0.725. The Hall–Kier alpha value is -1.90. The Morgan fingerprint density at radius 3 is 3.06 bits per heavy atom. The van der Waals surface area contributed by atoms with Gasteiger partial charge in [-0.25, -0.2) is 9.48 Å². The zero-order chi connectivity index (χ0) is 12.0. The molecule has 1 atom stereocenters. The highest BCUT2D eigenvalue weighted by atomic mass is 32.2. The number of carbonyl (C=O) groups is 2. The van der Waals surface area contributed by atoms with Gasteiger partial charge in [0, 0.05) is 4.91 Å².